The largest absolute Gasteiger partial charge is 0.338 e. The van der Waals surface area contributed by atoms with Gasteiger partial charge in [0.25, 0.3) is 0 Å². The van der Waals surface area contributed by atoms with Crippen molar-refractivity contribution in [3.05, 3.63) is 58.5 Å². The van der Waals surface area contributed by atoms with Crippen LogP contribution in [0.3, 0.4) is 0 Å². The first kappa shape index (κ1) is 18.4. The van der Waals surface area contributed by atoms with E-state index in [1.54, 1.807) is 0 Å². The Morgan fingerprint density at radius 3 is 2.76 bits per heavy atom. The van der Waals surface area contributed by atoms with Gasteiger partial charge in [0.15, 0.2) is 5.82 Å². The predicted octanol–water partition coefficient (Wildman–Crippen LogP) is 3.71. The molecule has 0 amide bonds. The Labute approximate surface area is 173 Å². The highest BCUT2D eigenvalue weighted by Gasteiger charge is 2.22. The van der Waals surface area contributed by atoms with Crippen LogP contribution in [-0.2, 0) is 19.5 Å². The Morgan fingerprint density at radius 1 is 1.03 bits per heavy atom. The molecule has 0 radical (unpaired) electrons. The number of nitrogens with zero attached hydrogens (tertiary/aromatic N) is 6. The van der Waals surface area contributed by atoms with Gasteiger partial charge in [0.05, 0.1) is 18.0 Å². The number of hydrogen-bond acceptors (Lipinski definition) is 7. The van der Waals surface area contributed by atoms with Crippen LogP contribution in [0.4, 0.5) is 0 Å². The smallest absolute Gasteiger partial charge is 0.241 e. The summed E-state index contributed by atoms with van der Waals surface area (Å²) in [4.78, 5) is 20.8. The molecule has 0 N–H and O–H groups in total. The van der Waals surface area contributed by atoms with Gasteiger partial charge in [-0.3, -0.25) is 9.89 Å². The number of benzene rings is 1. The summed E-state index contributed by atoms with van der Waals surface area (Å²) in [7, 11) is 0. The Bertz CT molecular complexity index is 1050. The third-order valence-corrected chi connectivity index (χ3v) is 5.58. The second kappa shape index (κ2) is 8.00. The highest BCUT2D eigenvalue weighted by molar-refractivity contribution is 6.30. The minimum atomic E-state index is 0.579. The van der Waals surface area contributed by atoms with Crippen LogP contribution in [0.5, 0.6) is 0 Å². The topological polar surface area (TPSA) is 80.3 Å². The Hall–Kier alpha value is -2.64. The molecule has 29 heavy (non-hydrogen) atoms. The van der Waals surface area contributed by atoms with Crippen molar-refractivity contribution in [2.75, 3.05) is 13.1 Å². The molecule has 2 aliphatic rings. The van der Waals surface area contributed by atoms with Crippen LogP contribution in [0.1, 0.15) is 42.2 Å². The summed E-state index contributed by atoms with van der Waals surface area (Å²) in [6.45, 7) is 3.18. The van der Waals surface area contributed by atoms with E-state index in [0.717, 1.165) is 60.8 Å². The van der Waals surface area contributed by atoms with E-state index < -0.39 is 0 Å². The van der Waals surface area contributed by atoms with Gasteiger partial charge in [-0.2, -0.15) is 4.98 Å². The van der Waals surface area contributed by atoms with Crippen LogP contribution in [0.2, 0.25) is 5.02 Å². The Morgan fingerprint density at radius 2 is 1.93 bits per heavy atom. The number of hydrogen-bond donors (Lipinski definition) is 0. The summed E-state index contributed by atoms with van der Waals surface area (Å²) in [6, 6.07) is 7.42. The Balaban J connectivity index is 1.27. The van der Waals surface area contributed by atoms with E-state index in [-0.39, 0.29) is 0 Å². The fourth-order valence-corrected chi connectivity index (χ4v) is 3.88. The molecule has 2 aromatic heterocycles. The standard InChI is InChI=1S/C21H21ClN6O/c22-16-6-4-14(5-7-16)20-26-19(29-27-20)13-28-10-8-17-15(12-28)11-24-21(25-17)18-3-1-2-9-23-18/h4-7,11H,1-3,8-10,12-13H2. The summed E-state index contributed by atoms with van der Waals surface area (Å²) in [6.07, 6.45) is 6.16. The molecule has 2 aliphatic heterocycles. The molecule has 0 spiro atoms. The van der Waals surface area contributed by atoms with Gasteiger partial charge < -0.3 is 4.52 Å². The van der Waals surface area contributed by atoms with Crippen LogP contribution in [0, 0.1) is 0 Å². The van der Waals surface area contributed by atoms with E-state index in [1.807, 2.05) is 30.5 Å². The zero-order valence-corrected chi connectivity index (χ0v) is 16.8. The van der Waals surface area contributed by atoms with Crippen molar-refractivity contribution in [1.29, 1.82) is 0 Å². The third-order valence-electron chi connectivity index (χ3n) is 5.32. The molecular formula is C21H21ClN6O. The van der Waals surface area contributed by atoms with E-state index >= 15 is 0 Å². The lowest BCUT2D eigenvalue weighted by molar-refractivity contribution is 0.208. The minimum Gasteiger partial charge on any atom is -0.338 e. The van der Waals surface area contributed by atoms with Crippen molar-refractivity contribution in [3.8, 4) is 11.4 Å². The van der Waals surface area contributed by atoms with Gasteiger partial charge in [-0.25, -0.2) is 9.97 Å². The fourth-order valence-electron chi connectivity index (χ4n) is 3.76. The van der Waals surface area contributed by atoms with E-state index in [4.69, 9.17) is 21.1 Å². The zero-order chi connectivity index (χ0) is 19.6. The molecule has 0 atom stereocenters. The maximum Gasteiger partial charge on any atom is 0.241 e. The van der Waals surface area contributed by atoms with Gasteiger partial charge in [-0.15, -0.1) is 0 Å². The van der Waals surface area contributed by atoms with Crippen molar-refractivity contribution < 1.29 is 4.52 Å². The van der Waals surface area contributed by atoms with Crippen LogP contribution < -0.4 is 0 Å². The minimum absolute atomic E-state index is 0.579. The molecule has 0 unspecified atom stereocenters. The second-order valence-corrected chi connectivity index (χ2v) is 7.87. The number of aromatic nitrogens is 4. The van der Waals surface area contributed by atoms with Crippen LogP contribution in [0.15, 0.2) is 40.0 Å². The Kier molecular flexibility index (Phi) is 5.08. The highest BCUT2D eigenvalue weighted by Crippen LogP contribution is 2.22. The molecule has 8 heteroatoms. The van der Waals surface area contributed by atoms with Crippen molar-refractivity contribution in [3.63, 3.8) is 0 Å². The summed E-state index contributed by atoms with van der Waals surface area (Å²) >= 11 is 5.94. The molecule has 1 aromatic carbocycles. The number of halogens is 1. The summed E-state index contributed by atoms with van der Waals surface area (Å²) in [5, 5.41) is 4.78. The molecule has 0 fully saturated rings. The van der Waals surface area contributed by atoms with Crippen molar-refractivity contribution in [1.82, 2.24) is 25.0 Å². The molecule has 0 saturated carbocycles. The maximum absolute atomic E-state index is 5.94. The van der Waals surface area contributed by atoms with Crippen LogP contribution >= 0.6 is 11.6 Å². The van der Waals surface area contributed by atoms with Gasteiger partial charge >= 0.3 is 0 Å². The molecular weight excluding hydrogens is 388 g/mol. The normalized spacial score (nSPS) is 17.1. The van der Waals surface area contributed by atoms with Gasteiger partial charge in [-0.1, -0.05) is 16.8 Å². The molecule has 0 aliphatic carbocycles. The molecule has 148 valence electrons. The second-order valence-electron chi connectivity index (χ2n) is 7.43. The van der Waals surface area contributed by atoms with E-state index in [2.05, 4.69) is 25.0 Å². The predicted molar refractivity (Wildman–Crippen MR) is 110 cm³/mol. The molecule has 4 heterocycles. The zero-order valence-electron chi connectivity index (χ0n) is 16.0. The number of aliphatic imine (C=N–C) groups is 1. The average molecular weight is 409 g/mol. The first-order valence-corrected chi connectivity index (χ1v) is 10.3. The van der Waals surface area contributed by atoms with Crippen LogP contribution in [-0.4, -0.2) is 43.8 Å². The molecule has 0 saturated heterocycles. The van der Waals surface area contributed by atoms with Crippen LogP contribution in [0.25, 0.3) is 11.4 Å². The quantitative estimate of drug-likeness (QED) is 0.654. The van der Waals surface area contributed by atoms with Crippen molar-refractivity contribution >= 4 is 17.3 Å². The van der Waals surface area contributed by atoms with Gasteiger partial charge in [0.1, 0.15) is 0 Å². The summed E-state index contributed by atoms with van der Waals surface area (Å²) < 4.78 is 5.46. The lowest BCUT2D eigenvalue weighted by Gasteiger charge is -2.26. The highest BCUT2D eigenvalue weighted by atomic mass is 35.5. The maximum atomic E-state index is 5.94. The van der Waals surface area contributed by atoms with E-state index in [1.165, 1.54) is 12.8 Å². The lowest BCUT2D eigenvalue weighted by atomic mass is 10.1. The molecule has 7 nitrogen and oxygen atoms in total. The summed E-state index contributed by atoms with van der Waals surface area (Å²) in [5.74, 6) is 1.99. The van der Waals surface area contributed by atoms with E-state index in [0.29, 0.717) is 23.3 Å². The van der Waals surface area contributed by atoms with E-state index in [9.17, 15) is 0 Å². The summed E-state index contributed by atoms with van der Waals surface area (Å²) in [5.41, 5.74) is 4.24. The first-order valence-electron chi connectivity index (χ1n) is 9.94. The van der Waals surface area contributed by atoms with Gasteiger partial charge in [0, 0.05) is 48.4 Å². The monoisotopic (exact) mass is 408 g/mol. The van der Waals surface area contributed by atoms with Crippen molar-refractivity contribution in [2.24, 2.45) is 4.99 Å². The third kappa shape index (κ3) is 4.06. The van der Waals surface area contributed by atoms with Gasteiger partial charge in [-0.05, 0) is 43.5 Å². The SMILES string of the molecule is Clc1ccc(-c2noc(CN3CCc4nc(C5=NCCCC5)ncc4C3)n2)cc1. The van der Waals surface area contributed by atoms with Crippen molar-refractivity contribution in [2.45, 2.75) is 38.8 Å². The molecule has 5 rings (SSSR count). The average Bonchev–Trinajstić information content (AvgIpc) is 3.23. The fraction of sp³-hybridized carbons (Fsp3) is 0.381. The molecule has 0 bridgehead atoms. The van der Waals surface area contributed by atoms with Gasteiger partial charge in [0.2, 0.25) is 11.7 Å². The number of fused-ring (bicyclic) bond motifs is 1. The molecule has 3 aromatic rings. The lowest BCUT2D eigenvalue weighted by Crippen LogP contribution is -2.31. The first-order chi connectivity index (χ1) is 14.2. The number of rotatable bonds is 4.